The number of carboxylic acid groups (broad SMARTS) is 1. The van der Waals surface area contributed by atoms with Crippen molar-refractivity contribution < 1.29 is 23.1 Å². The van der Waals surface area contributed by atoms with E-state index in [0.717, 1.165) is 5.56 Å². The van der Waals surface area contributed by atoms with Gasteiger partial charge in [-0.25, -0.2) is 8.42 Å². The summed E-state index contributed by atoms with van der Waals surface area (Å²) in [5.74, 6) is -0.414. The van der Waals surface area contributed by atoms with Crippen molar-refractivity contribution in [1.82, 2.24) is 0 Å². The van der Waals surface area contributed by atoms with Gasteiger partial charge in [0.05, 0.1) is 5.75 Å². The van der Waals surface area contributed by atoms with E-state index in [4.69, 9.17) is 4.74 Å². The van der Waals surface area contributed by atoms with Gasteiger partial charge in [0.25, 0.3) is 0 Å². The van der Waals surface area contributed by atoms with Gasteiger partial charge in [0.2, 0.25) is 0 Å². The second kappa shape index (κ2) is 5.44. The fourth-order valence-electron chi connectivity index (χ4n) is 2.32. The maximum atomic E-state index is 11.6. The topological polar surface area (TPSA) is 80.7 Å². The summed E-state index contributed by atoms with van der Waals surface area (Å²) in [7, 11) is -3.19. The average molecular weight is 298 g/mol. The highest BCUT2D eigenvalue weighted by atomic mass is 32.2. The molecule has 5 nitrogen and oxygen atoms in total. The Morgan fingerprint density at radius 2 is 2.10 bits per heavy atom. The van der Waals surface area contributed by atoms with Gasteiger partial charge in [-0.3, -0.25) is 4.79 Å². The first-order valence-electron chi connectivity index (χ1n) is 6.53. The molecule has 0 saturated carbocycles. The van der Waals surface area contributed by atoms with Crippen LogP contribution in [0, 0.1) is 5.41 Å². The van der Waals surface area contributed by atoms with E-state index in [1.165, 1.54) is 0 Å². The lowest BCUT2D eigenvalue weighted by atomic mass is 9.78. The minimum absolute atomic E-state index is 0.0125. The molecule has 2 rings (SSSR count). The predicted octanol–water partition coefficient (Wildman–Crippen LogP) is 1.52. The van der Waals surface area contributed by atoms with E-state index in [0.29, 0.717) is 12.2 Å². The van der Waals surface area contributed by atoms with Crippen LogP contribution >= 0.6 is 0 Å². The molecule has 0 spiro atoms. The van der Waals surface area contributed by atoms with Gasteiger partial charge in [0, 0.05) is 5.75 Å². The summed E-state index contributed by atoms with van der Waals surface area (Å²) >= 11 is 0. The third-order valence-corrected chi connectivity index (χ3v) is 5.50. The highest BCUT2D eigenvalue weighted by molar-refractivity contribution is 7.91. The number of fused-ring (bicyclic) bond motifs is 1. The molecule has 1 heterocycles. The van der Waals surface area contributed by atoms with Crippen molar-refractivity contribution in [1.29, 1.82) is 0 Å². The summed E-state index contributed by atoms with van der Waals surface area (Å²) in [5, 5.41) is 9.51. The first-order chi connectivity index (χ1) is 9.38. The SMILES string of the molecule is CCS(=O)(=O)CCC1(C(=O)O)COc2ccccc2C1. The van der Waals surface area contributed by atoms with E-state index in [1.807, 2.05) is 18.2 Å². The van der Waals surface area contributed by atoms with Crippen LogP contribution in [0.25, 0.3) is 0 Å². The first-order valence-corrected chi connectivity index (χ1v) is 8.35. The number of sulfone groups is 1. The Morgan fingerprint density at radius 1 is 1.40 bits per heavy atom. The summed E-state index contributed by atoms with van der Waals surface area (Å²) < 4.78 is 28.8. The largest absolute Gasteiger partial charge is 0.492 e. The average Bonchev–Trinajstić information content (AvgIpc) is 2.45. The van der Waals surface area contributed by atoms with Gasteiger partial charge in [-0.15, -0.1) is 0 Å². The molecule has 1 N–H and O–H groups in total. The van der Waals surface area contributed by atoms with Crippen molar-refractivity contribution in [2.45, 2.75) is 19.8 Å². The Hall–Kier alpha value is -1.56. The van der Waals surface area contributed by atoms with Gasteiger partial charge >= 0.3 is 5.97 Å². The summed E-state index contributed by atoms with van der Waals surface area (Å²) in [4.78, 5) is 11.6. The molecular weight excluding hydrogens is 280 g/mol. The van der Waals surface area contributed by atoms with E-state index in [2.05, 4.69) is 0 Å². The van der Waals surface area contributed by atoms with Crippen LogP contribution in [0.5, 0.6) is 5.75 Å². The highest BCUT2D eigenvalue weighted by Gasteiger charge is 2.43. The van der Waals surface area contributed by atoms with Gasteiger partial charge in [-0.05, 0) is 24.5 Å². The lowest BCUT2D eigenvalue weighted by Crippen LogP contribution is -2.43. The summed E-state index contributed by atoms with van der Waals surface area (Å²) in [5.41, 5.74) is -0.341. The molecule has 6 heteroatoms. The Balaban J connectivity index is 2.23. The lowest BCUT2D eigenvalue weighted by Gasteiger charge is -2.34. The second-order valence-electron chi connectivity index (χ2n) is 5.15. The second-order valence-corrected chi connectivity index (χ2v) is 7.62. The highest BCUT2D eigenvalue weighted by Crippen LogP contribution is 2.37. The summed E-state index contributed by atoms with van der Waals surface area (Å²) in [6.45, 7) is 1.58. The number of benzene rings is 1. The van der Waals surface area contributed by atoms with E-state index in [-0.39, 0.29) is 24.5 Å². The fourth-order valence-corrected chi connectivity index (χ4v) is 3.31. The number of hydrogen-bond acceptors (Lipinski definition) is 4. The minimum Gasteiger partial charge on any atom is -0.492 e. The van der Waals surface area contributed by atoms with Gasteiger partial charge in [-0.1, -0.05) is 25.1 Å². The van der Waals surface area contributed by atoms with Crippen LogP contribution in [0.4, 0.5) is 0 Å². The van der Waals surface area contributed by atoms with Gasteiger partial charge < -0.3 is 9.84 Å². The molecule has 20 heavy (non-hydrogen) atoms. The third kappa shape index (κ3) is 2.95. The molecule has 0 radical (unpaired) electrons. The molecule has 0 fully saturated rings. The zero-order chi connectivity index (χ0) is 14.8. The number of rotatable bonds is 5. The number of carboxylic acids is 1. The predicted molar refractivity (Wildman–Crippen MR) is 74.7 cm³/mol. The first kappa shape index (κ1) is 14.8. The van der Waals surface area contributed by atoms with Crippen molar-refractivity contribution in [3.8, 4) is 5.75 Å². The zero-order valence-corrected chi connectivity index (χ0v) is 12.1. The Morgan fingerprint density at radius 3 is 2.75 bits per heavy atom. The zero-order valence-electron chi connectivity index (χ0n) is 11.3. The molecule has 1 aromatic carbocycles. The van der Waals surface area contributed by atoms with Gasteiger partial charge in [0.1, 0.15) is 27.6 Å². The molecule has 1 unspecified atom stereocenters. The van der Waals surface area contributed by atoms with Crippen LogP contribution in [0.3, 0.4) is 0 Å². The standard InChI is InChI=1S/C14H18O5S/c1-2-20(17,18)8-7-14(13(15)16)9-11-5-3-4-6-12(11)19-10-14/h3-6H,2,7-10H2,1H3,(H,15,16). The van der Waals surface area contributed by atoms with Crippen molar-refractivity contribution in [2.24, 2.45) is 5.41 Å². The van der Waals surface area contributed by atoms with E-state index in [9.17, 15) is 18.3 Å². The smallest absolute Gasteiger partial charge is 0.313 e. The quantitative estimate of drug-likeness (QED) is 0.891. The van der Waals surface area contributed by atoms with Crippen LogP contribution in [0.1, 0.15) is 18.9 Å². The van der Waals surface area contributed by atoms with Crippen LogP contribution in [-0.4, -0.2) is 37.6 Å². The Labute approximate surface area is 118 Å². The molecule has 0 aromatic heterocycles. The molecular formula is C14H18O5S. The van der Waals surface area contributed by atoms with Crippen molar-refractivity contribution >= 4 is 15.8 Å². The van der Waals surface area contributed by atoms with Crippen molar-refractivity contribution in [2.75, 3.05) is 18.1 Å². The molecule has 1 aliphatic heterocycles. The fraction of sp³-hybridized carbons (Fsp3) is 0.500. The molecule has 110 valence electrons. The van der Waals surface area contributed by atoms with E-state index < -0.39 is 21.2 Å². The summed E-state index contributed by atoms with van der Waals surface area (Å²) in [6, 6.07) is 7.27. The van der Waals surface area contributed by atoms with E-state index in [1.54, 1.807) is 13.0 Å². The van der Waals surface area contributed by atoms with E-state index >= 15 is 0 Å². The minimum atomic E-state index is -3.19. The van der Waals surface area contributed by atoms with Crippen LogP contribution in [0.15, 0.2) is 24.3 Å². The van der Waals surface area contributed by atoms with Gasteiger partial charge in [0.15, 0.2) is 0 Å². The van der Waals surface area contributed by atoms with Crippen molar-refractivity contribution in [3.63, 3.8) is 0 Å². The molecule has 0 amide bonds. The number of carbonyl (C=O) groups is 1. The number of para-hydroxylation sites is 1. The molecule has 1 atom stereocenters. The number of aliphatic carboxylic acids is 1. The van der Waals surface area contributed by atoms with Crippen LogP contribution in [0.2, 0.25) is 0 Å². The molecule has 1 aliphatic rings. The Bertz CT molecular complexity index is 608. The normalized spacial score (nSPS) is 21.9. The van der Waals surface area contributed by atoms with Gasteiger partial charge in [-0.2, -0.15) is 0 Å². The molecule has 1 aromatic rings. The maximum absolute atomic E-state index is 11.6. The van der Waals surface area contributed by atoms with Crippen LogP contribution in [-0.2, 0) is 21.1 Å². The molecule has 0 aliphatic carbocycles. The number of ether oxygens (including phenoxy) is 1. The molecule has 0 bridgehead atoms. The Kier molecular flexibility index (Phi) is 4.04. The van der Waals surface area contributed by atoms with Crippen molar-refractivity contribution in [3.05, 3.63) is 29.8 Å². The van der Waals surface area contributed by atoms with Crippen LogP contribution < -0.4 is 4.74 Å². The third-order valence-electron chi connectivity index (χ3n) is 3.79. The maximum Gasteiger partial charge on any atom is 0.313 e. The number of hydrogen-bond donors (Lipinski definition) is 1. The summed E-state index contributed by atoms with van der Waals surface area (Å²) in [6.07, 6.45) is 0.380. The lowest BCUT2D eigenvalue weighted by molar-refractivity contribution is -0.151. The molecule has 0 saturated heterocycles. The monoisotopic (exact) mass is 298 g/mol.